The Morgan fingerprint density at radius 3 is 2.39 bits per heavy atom. The summed E-state index contributed by atoms with van der Waals surface area (Å²) >= 11 is 0. The van der Waals surface area contributed by atoms with Gasteiger partial charge in [-0.1, -0.05) is 30.3 Å². The normalized spacial score (nSPS) is 10.4. The highest BCUT2D eigenvalue weighted by molar-refractivity contribution is 5.97. The first-order chi connectivity index (χ1) is 13.3. The molecule has 28 heavy (non-hydrogen) atoms. The van der Waals surface area contributed by atoms with Crippen LogP contribution in [-0.4, -0.2) is 36.2 Å². The summed E-state index contributed by atoms with van der Waals surface area (Å²) < 4.78 is 18.6. The van der Waals surface area contributed by atoms with E-state index in [1.165, 1.54) is 18.0 Å². The van der Waals surface area contributed by atoms with Gasteiger partial charge in [-0.2, -0.15) is 0 Å². The number of esters is 1. The molecule has 2 rings (SSSR count). The van der Waals surface area contributed by atoms with Crippen LogP contribution < -0.4 is 0 Å². The standard InChI is InChI=1S/C22H24FNO4/c1-15-8-9-17(12-16(15)2)20(25)10-11-22(27)28-14-21(26)24(3)13-18-6-4-5-7-19(18)23/h4-9,12H,10-11,13-14H2,1-3H3. The van der Waals surface area contributed by atoms with Crippen molar-refractivity contribution in [3.05, 3.63) is 70.5 Å². The van der Waals surface area contributed by atoms with Gasteiger partial charge in [0.1, 0.15) is 5.82 Å². The average molecular weight is 385 g/mol. The van der Waals surface area contributed by atoms with Crippen LogP contribution in [0.4, 0.5) is 4.39 Å². The number of ether oxygens (including phenoxy) is 1. The van der Waals surface area contributed by atoms with E-state index in [-0.39, 0.29) is 25.2 Å². The number of carbonyl (C=O) groups is 3. The van der Waals surface area contributed by atoms with Gasteiger partial charge in [-0.25, -0.2) is 4.39 Å². The van der Waals surface area contributed by atoms with E-state index < -0.39 is 24.3 Å². The van der Waals surface area contributed by atoms with Gasteiger partial charge in [-0.3, -0.25) is 14.4 Å². The lowest BCUT2D eigenvalue weighted by atomic mass is 10.0. The quantitative estimate of drug-likeness (QED) is 0.514. The van der Waals surface area contributed by atoms with Crippen LogP contribution in [-0.2, 0) is 20.9 Å². The van der Waals surface area contributed by atoms with Gasteiger partial charge in [0.15, 0.2) is 12.4 Å². The molecule has 0 aromatic heterocycles. The predicted molar refractivity (Wildman–Crippen MR) is 103 cm³/mol. The molecule has 0 N–H and O–H groups in total. The van der Waals surface area contributed by atoms with Crippen molar-refractivity contribution in [2.24, 2.45) is 0 Å². The van der Waals surface area contributed by atoms with Gasteiger partial charge in [0, 0.05) is 31.1 Å². The summed E-state index contributed by atoms with van der Waals surface area (Å²) in [7, 11) is 1.51. The van der Waals surface area contributed by atoms with Crippen molar-refractivity contribution in [1.29, 1.82) is 0 Å². The van der Waals surface area contributed by atoms with Gasteiger partial charge in [0.25, 0.3) is 5.91 Å². The number of ketones is 1. The summed E-state index contributed by atoms with van der Waals surface area (Å²) in [6.07, 6.45) is -0.0867. The van der Waals surface area contributed by atoms with E-state index >= 15 is 0 Å². The predicted octanol–water partition coefficient (Wildman–Crippen LogP) is 3.61. The minimum absolute atomic E-state index is 0.0145. The fraction of sp³-hybridized carbons (Fsp3) is 0.318. The second-order valence-corrected chi connectivity index (χ2v) is 6.72. The molecule has 0 saturated heterocycles. The highest BCUT2D eigenvalue weighted by Gasteiger charge is 2.15. The van der Waals surface area contributed by atoms with Crippen LogP contribution >= 0.6 is 0 Å². The Balaban J connectivity index is 1.76. The largest absolute Gasteiger partial charge is 0.456 e. The Morgan fingerprint density at radius 1 is 1.00 bits per heavy atom. The molecule has 0 radical (unpaired) electrons. The summed E-state index contributed by atoms with van der Waals surface area (Å²) in [4.78, 5) is 37.3. The van der Waals surface area contributed by atoms with E-state index in [1.54, 1.807) is 30.3 Å². The molecule has 5 nitrogen and oxygen atoms in total. The molecule has 0 atom stereocenters. The zero-order valence-corrected chi connectivity index (χ0v) is 16.3. The second kappa shape index (κ2) is 9.78. The molecule has 148 valence electrons. The Kier molecular flexibility index (Phi) is 7.44. The molecule has 0 aliphatic heterocycles. The van der Waals surface area contributed by atoms with Gasteiger partial charge >= 0.3 is 5.97 Å². The minimum Gasteiger partial charge on any atom is -0.456 e. The minimum atomic E-state index is -0.621. The van der Waals surface area contributed by atoms with Crippen LogP contribution in [0.5, 0.6) is 0 Å². The Hall–Kier alpha value is -3.02. The highest BCUT2D eigenvalue weighted by Crippen LogP contribution is 2.13. The Bertz CT molecular complexity index is 879. The molecule has 6 heteroatoms. The fourth-order valence-corrected chi connectivity index (χ4v) is 2.57. The maximum atomic E-state index is 13.6. The SMILES string of the molecule is Cc1ccc(C(=O)CCC(=O)OCC(=O)N(C)Cc2ccccc2F)cc1C. The van der Waals surface area contributed by atoms with Gasteiger partial charge < -0.3 is 9.64 Å². The monoisotopic (exact) mass is 385 g/mol. The summed E-state index contributed by atoms with van der Waals surface area (Å²) in [5.74, 6) is -1.62. The topological polar surface area (TPSA) is 63.7 Å². The van der Waals surface area contributed by atoms with E-state index in [9.17, 15) is 18.8 Å². The van der Waals surface area contributed by atoms with Gasteiger partial charge in [-0.15, -0.1) is 0 Å². The van der Waals surface area contributed by atoms with Crippen molar-refractivity contribution in [3.8, 4) is 0 Å². The van der Waals surface area contributed by atoms with E-state index in [2.05, 4.69) is 0 Å². The number of benzene rings is 2. The Morgan fingerprint density at radius 2 is 1.71 bits per heavy atom. The number of rotatable bonds is 8. The third kappa shape index (κ3) is 6.01. The molecule has 0 saturated carbocycles. The molecular formula is C22H24FNO4. The van der Waals surface area contributed by atoms with Crippen molar-refractivity contribution in [1.82, 2.24) is 4.90 Å². The molecule has 0 heterocycles. The van der Waals surface area contributed by atoms with Gasteiger partial charge in [0.05, 0.1) is 6.42 Å². The lowest BCUT2D eigenvalue weighted by Gasteiger charge is -2.17. The van der Waals surface area contributed by atoms with Crippen LogP contribution in [0.15, 0.2) is 42.5 Å². The van der Waals surface area contributed by atoms with Crippen molar-refractivity contribution in [3.63, 3.8) is 0 Å². The fourth-order valence-electron chi connectivity index (χ4n) is 2.57. The van der Waals surface area contributed by atoms with Crippen molar-refractivity contribution in [2.45, 2.75) is 33.2 Å². The van der Waals surface area contributed by atoms with E-state index in [0.717, 1.165) is 11.1 Å². The van der Waals surface area contributed by atoms with Crippen LogP contribution in [0.25, 0.3) is 0 Å². The molecular weight excluding hydrogens is 361 g/mol. The first-order valence-electron chi connectivity index (χ1n) is 9.01. The molecule has 2 aromatic carbocycles. The number of Topliss-reactive ketones (excluding diaryl/α,β-unsaturated/α-hetero) is 1. The number of carbonyl (C=O) groups excluding carboxylic acids is 3. The average Bonchev–Trinajstić information content (AvgIpc) is 2.67. The number of hydrogen-bond donors (Lipinski definition) is 0. The molecule has 0 aliphatic rings. The molecule has 0 spiro atoms. The third-order valence-corrected chi connectivity index (χ3v) is 4.53. The maximum absolute atomic E-state index is 13.6. The third-order valence-electron chi connectivity index (χ3n) is 4.53. The van der Waals surface area contributed by atoms with Crippen molar-refractivity contribution in [2.75, 3.05) is 13.7 Å². The van der Waals surface area contributed by atoms with Crippen LogP contribution in [0.2, 0.25) is 0 Å². The number of nitrogens with zero attached hydrogens (tertiary/aromatic N) is 1. The Labute approximate surface area is 164 Å². The number of likely N-dealkylation sites (N-methyl/N-ethyl adjacent to an activating group) is 1. The first kappa shape index (κ1) is 21.3. The number of aryl methyl sites for hydroxylation is 2. The number of halogens is 1. The van der Waals surface area contributed by atoms with Crippen LogP contribution in [0, 0.1) is 19.7 Å². The summed E-state index contributed by atoms with van der Waals surface area (Å²) in [6.45, 7) is 3.51. The lowest BCUT2D eigenvalue weighted by molar-refractivity contribution is -0.151. The van der Waals surface area contributed by atoms with Gasteiger partial charge in [-0.05, 0) is 37.1 Å². The molecule has 1 amide bonds. The second-order valence-electron chi connectivity index (χ2n) is 6.72. The molecule has 2 aromatic rings. The van der Waals surface area contributed by atoms with Gasteiger partial charge in [0.2, 0.25) is 0 Å². The summed E-state index contributed by atoms with van der Waals surface area (Å²) in [5.41, 5.74) is 3.03. The zero-order chi connectivity index (χ0) is 20.7. The van der Waals surface area contributed by atoms with Crippen LogP contribution in [0.3, 0.4) is 0 Å². The van der Waals surface area contributed by atoms with E-state index in [1.807, 2.05) is 19.9 Å². The molecule has 0 fully saturated rings. The molecule has 0 bridgehead atoms. The zero-order valence-electron chi connectivity index (χ0n) is 16.3. The summed E-state index contributed by atoms with van der Waals surface area (Å²) in [5, 5.41) is 0. The smallest absolute Gasteiger partial charge is 0.306 e. The van der Waals surface area contributed by atoms with Crippen molar-refractivity contribution >= 4 is 17.7 Å². The van der Waals surface area contributed by atoms with E-state index in [0.29, 0.717) is 11.1 Å². The number of amides is 1. The van der Waals surface area contributed by atoms with Crippen molar-refractivity contribution < 1.29 is 23.5 Å². The maximum Gasteiger partial charge on any atom is 0.306 e. The van der Waals surface area contributed by atoms with E-state index in [4.69, 9.17) is 4.74 Å². The summed E-state index contributed by atoms with van der Waals surface area (Å²) in [6, 6.07) is 11.6. The van der Waals surface area contributed by atoms with Crippen LogP contribution in [0.1, 0.15) is 39.9 Å². The first-order valence-corrected chi connectivity index (χ1v) is 9.01. The highest BCUT2D eigenvalue weighted by atomic mass is 19.1. The molecule has 0 unspecified atom stereocenters. The number of hydrogen-bond acceptors (Lipinski definition) is 4. The lowest BCUT2D eigenvalue weighted by Crippen LogP contribution is -2.31. The molecule has 0 aliphatic carbocycles.